The molecule has 1 aromatic carbocycles. The summed E-state index contributed by atoms with van der Waals surface area (Å²) in [7, 11) is 0. The second kappa shape index (κ2) is 6.00. The third-order valence-corrected chi connectivity index (χ3v) is 6.92. The number of aryl methyl sites for hydroxylation is 1. The summed E-state index contributed by atoms with van der Waals surface area (Å²) in [6, 6.07) is 6.32. The highest BCUT2D eigenvalue weighted by Gasteiger charge is 2.55. The largest absolute Gasteiger partial charge is 0.489 e. The maximum Gasteiger partial charge on any atom is 0.123 e. The number of hydrogen-bond donors (Lipinski definition) is 0. The van der Waals surface area contributed by atoms with Crippen LogP contribution in [0.3, 0.4) is 0 Å². The molecule has 0 aromatic heterocycles. The minimum Gasteiger partial charge on any atom is -0.489 e. The molecule has 1 nitrogen and oxygen atoms in total. The Morgan fingerprint density at radius 1 is 1.15 bits per heavy atom. The van der Waals surface area contributed by atoms with Crippen LogP contribution in [0.2, 0.25) is 0 Å². The second-order valence-corrected chi connectivity index (χ2v) is 8.39. The fraction of sp³-hybridized carbons (Fsp3) is 0.647. The van der Waals surface area contributed by atoms with Crippen LogP contribution in [0.25, 0.3) is 0 Å². The lowest BCUT2D eigenvalue weighted by molar-refractivity contribution is -0.0465. The van der Waals surface area contributed by atoms with Crippen molar-refractivity contribution in [3.05, 3.63) is 28.2 Å². The molecule has 2 fully saturated rings. The number of halogens is 2. The van der Waals surface area contributed by atoms with Gasteiger partial charge in [-0.15, -0.1) is 0 Å². The Hall–Kier alpha value is -0.0200. The topological polar surface area (TPSA) is 9.23 Å². The van der Waals surface area contributed by atoms with Crippen LogP contribution in [0, 0.1) is 12.3 Å². The first kappa shape index (κ1) is 14.9. The van der Waals surface area contributed by atoms with E-state index in [1.807, 2.05) is 0 Å². The molecule has 0 bridgehead atoms. The quantitative estimate of drug-likeness (QED) is 0.551. The fourth-order valence-electron chi connectivity index (χ4n) is 3.74. The lowest BCUT2D eigenvalue weighted by atomic mass is 9.61. The van der Waals surface area contributed by atoms with Crippen molar-refractivity contribution in [2.75, 3.05) is 0 Å². The Bertz CT molecular complexity index is 478. The zero-order chi connectivity index (χ0) is 14.2. The summed E-state index contributed by atoms with van der Waals surface area (Å²) in [5.41, 5.74) is 1.61. The Labute approximate surface area is 138 Å². The molecule has 0 radical (unpaired) electrons. The molecule has 1 spiro atoms. The Balaban J connectivity index is 1.78. The van der Waals surface area contributed by atoms with Gasteiger partial charge in [-0.25, -0.2) is 0 Å². The Morgan fingerprint density at radius 2 is 1.85 bits per heavy atom. The van der Waals surface area contributed by atoms with Gasteiger partial charge < -0.3 is 4.74 Å². The van der Waals surface area contributed by atoms with E-state index in [1.54, 1.807) is 0 Å². The molecule has 20 heavy (non-hydrogen) atoms. The van der Waals surface area contributed by atoms with E-state index < -0.39 is 0 Å². The van der Waals surface area contributed by atoms with Crippen LogP contribution in [-0.2, 0) is 0 Å². The van der Waals surface area contributed by atoms with E-state index >= 15 is 0 Å². The van der Waals surface area contributed by atoms with Crippen molar-refractivity contribution in [3.63, 3.8) is 0 Å². The predicted molar refractivity (Wildman–Crippen MR) is 90.8 cm³/mol. The van der Waals surface area contributed by atoms with E-state index in [9.17, 15) is 0 Å². The fourth-order valence-corrected chi connectivity index (χ4v) is 5.17. The molecule has 2 unspecified atom stereocenters. The standard InChI is InChI=1S/C17H22Br2O/c1-12-6-7-13(18)10-14(12)20-16-11-15(19)17(16)8-4-2-3-5-9-17/h6-7,10,15-16H,2-5,8-9,11H2,1H3. The van der Waals surface area contributed by atoms with Crippen LogP contribution in [0.1, 0.15) is 50.5 Å². The first-order valence-electron chi connectivity index (χ1n) is 7.69. The molecule has 2 atom stereocenters. The van der Waals surface area contributed by atoms with Crippen molar-refractivity contribution in [2.45, 2.75) is 62.8 Å². The lowest BCUT2D eigenvalue weighted by Crippen LogP contribution is -2.56. The van der Waals surface area contributed by atoms with Gasteiger partial charge in [0.1, 0.15) is 11.9 Å². The normalized spacial score (nSPS) is 28.8. The van der Waals surface area contributed by atoms with E-state index in [1.165, 1.54) is 44.1 Å². The van der Waals surface area contributed by atoms with Crippen molar-refractivity contribution < 1.29 is 4.74 Å². The third kappa shape index (κ3) is 2.68. The monoisotopic (exact) mass is 400 g/mol. The van der Waals surface area contributed by atoms with Crippen molar-refractivity contribution in [2.24, 2.45) is 5.41 Å². The summed E-state index contributed by atoms with van der Waals surface area (Å²) in [6.07, 6.45) is 9.68. The van der Waals surface area contributed by atoms with Crippen molar-refractivity contribution in [3.8, 4) is 5.75 Å². The Kier molecular flexibility index (Phi) is 4.47. The number of alkyl halides is 1. The lowest BCUT2D eigenvalue weighted by Gasteiger charge is -2.53. The van der Waals surface area contributed by atoms with Gasteiger partial charge in [-0.05, 0) is 43.9 Å². The summed E-state index contributed by atoms with van der Waals surface area (Å²) in [5.74, 6) is 1.05. The minimum atomic E-state index is 0.380. The molecule has 2 aliphatic carbocycles. The van der Waals surface area contributed by atoms with Gasteiger partial charge >= 0.3 is 0 Å². The van der Waals surface area contributed by atoms with E-state index in [4.69, 9.17) is 4.74 Å². The van der Waals surface area contributed by atoms with E-state index in [2.05, 4.69) is 57.0 Å². The van der Waals surface area contributed by atoms with E-state index in [-0.39, 0.29) is 0 Å². The van der Waals surface area contributed by atoms with E-state index in [0.717, 1.165) is 16.6 Å². The summed E-state index contributed by atoms with van der Waals surface area (Å²) >= 11 is 7.46. The second-order valence-electron chi connectivity index (χ2n) is 6.37. The first-order chi connectivity index (χ1) is 9.62. The summed E-state index contributed by atoms with van der Waals surface area (Å²) < 4.78 is 7.52. The third-order valence-electron chi connectivity index (χ3n) is 5.14. The van der Waals surface area contributed by atoms with Gasteiger partial charge in [0.05, 0.1) is 0 Å². The van der Waals surface area contributed by atoms with Gasteiger partial charge in [-0.3, -0.25) is 0 Å². The van der Waals surface area contributed by atoms with Crippen LogP contribution in [0.5, 0.6) is 5.75 Å². The number of benzene rings is 1. The van der Waals surface area contributed by atoms with Crippen LogP contribution in [0.15, 0.2) is 22.7 Å². The number of hydrogen-bond acceptors (Lipinski definition) is 1. The SMILES string of the molecule is Cc1ccc(Br)cc1OC1CC(Br)C12CCCCCC2. The summed E-state index contributed by atoms with van der Waals surface area (Å²) in [4.78, 5) is 0.644. The maximum atomic E-state index is 6.42. The first-order valence-corrected chi connectivity index (χ1v) is 9.39. The van der Waals surface area contributed by atoms with E-state index in [0.29, 0.717) is 16.3 Å². The summed E-state index contributed by atoms with van der Waals surface area (Å²) in [6.45, 7) is 2.13. The highest BCUT2D eigenvalue weighted by atomic mass is 79.9. The molecule has 0 N–H and O–H groups in total. The molecule has 0 saturated heterocycles. The molecule has 3 heteroatoms. The average Bonchev–Trinajstić information content (AvgIpc) is 2.70. The zero-order valence-corrected chi connectivity index (χ0v) is 15.2. The van der Waals surface area contributed by atoms with Gasteiger partial charge in [-0.1, -0.05) is 63.6 Å². The molecule has 0 heterocycles. The number of rotatable bonds is 2. The molecule has 2 saturated carbocycles. The Morgan fingerprint density at radius 3 is 2.50 bits per heavy atom. The highest BCUT2D eigenvalue weighted by molar-refractivity contribution is 9.10. The van der Waals surface area contributed by atoms with Crippen molar-refractivity contribution >= 4 is 31.9 Å². The van der Waals surface area contributed by atoms with Crippen LogP contribution in [0.4, 0.5) is 0 Å². The smallest absolute Gasteiger partial charge is 0.123 e. The van der Waals surface area contributed by atoms with Crippen LogP contribution in [-0.4, -0.2) is 10.9 Å². The van der Waals surface area contributed by atoms with Crippen LogP contribution < -0.4 is 4.74 Å². The summed E-state index contributed by atoms with van der Waals surface area (Å²) in [5, 5.41) is 0. The molecular formula is C17H22Br2O. The minimum absolute atomic E-state index is 0.380. The van der Waals surface area contributed by atoms with Gasteiger partial charge in [0.15, 0.2) is 0 Å². The molecule has 0 amide bonds. The molecule has 110 valence electrons. The van der Waals surface area contributed by atoms with Crippen LogP contribution >= 0.6 is 31.9 Å². The average molecular weight is 402 g/mol. The zero-order valence-electron chi connectivity index (χ0n) is 12.0. The molecular weight excluding hydrogens is 380 g/mol. The molecule has 2 aliphatic rings. The molecule has 0 aliphatic heterocycles. The molecule has 1 aromatic rings. The number of ether oxygens (including phenoxy) is 1. The predicted octanol–water partition coefficient (Wildman–Crippen LogP) is 6.01. The van der Waals surface area contributed by atoms with Gasteiger partial charge in [0.25, 0.3) is 0 Å². The van der Waals surface area contributed by atoms with Crippen molar-refractivity contribution in [1.29, 1.82) is 0 Å². The van der Waals surface area contributed by atoms with Crippen molar-refractivity contribution in [1.82, 2.24) is 0 Å². The maximum absolute atomic E-state index is 6.42. The highest BCUT2D eigenvalue weighted by Crippen LogP contribution is 2.55. The molecule has 3 rings (SSSR count). The van der Waals surface area contributed by atoms with Gasteiger partial charge in [-0.2, -0.15) is 0 Å². The van der Waals surface area contributed by atoms with Gasteiger partial charge in [0, 0.05) is 14.7 Å². The van der Waals surface area contributed by atoms with Gasteiger partial charge in [0.2, 0.25) is 0 Å².